The molecular formula is C13H29N5O. The molecule has 1 aliphatic heterocycles. The highest BCUT2D eigenvalue weighted by atomic mass is 16.5. The number of rotatable bonds is 6. The average Bonchev–Trinajstić information content (AvgIpc) is 2.39. The van der Waals surface area contributed by atoms with Gasteiger partial charge in [-0.05, 0) is 39.8 Å². The van der Waals surface area contributed by atoms with Crippen molar-refractivity contribution < 1.29 is 4.74 Å². The van der Waals surface area contributed by atoms with Crippen molar-refractivity contribution in [1.29, 1.82) is 0 Å². The third-order valence-electron chi connectivity index (χ3n) is 3.26. The number of hydrogen-bond acceptors (Lipinski definition) is 4. The van der Waals surface area contributed by atoms with Gasteiger partial charge in [0.15, 0.2) is 0 Å². The van der Waals surface area contributed by atoms with Crippen molar-refractivity contribution in [3.63, 3.8) is 0 Å². The van der Waals surface area contributed by atoms with Crippen LogP contribution < -0.4 is 16.6 Å². The van der Waals surface area contributed by atoms with E-state index in [0.29, 0.717) is 12.6 Å². The van der Waals surface area contributed by atoms with Crippen LogP contribution in [0, 0.1) is 0 Å². The summed E-state index contributed by atoms with van der Waals surface area (Å²) in [6.45, 7) is 8.16. The van der Waals surface area contributed by atoms with Crippen LogP contribution in [0.15, 0.2) is 4.99 Å². The molecule has 0 radical (unpaired) electrons. The molecule has 19 heavy (non-hydrogen) atoms. The highest BCUT2D eigenvalue weighted by Crippen LogP contribution is 2.09. The summed E-state index contributed by atoms with van der Waals surface area (Å²) >= 11 is 0. The lowest BCUT2D eigenvalue weighted by Gasteiger charge is -2.28. The molecular weight excluding hydrogens is 242 g/mol. The lowest BCUT2D eigenvalue weighted by atomic mass is 10.1. The van der Waals surface area contributed by atoms with Crippen LogP contribution in [0.4, 0.5) is 0 Å². The number of likely N-dealkylation sites (tertiary alicyclic amines) is 1. The van der Waals surface area contributed by atoms with Crippen molar-refractivity contribution in [2.75, 3.05) is 33.4 Å². The van der Waals surface area contributed by atoms with Crippen LogP contribution in [0.3, 0.4) is 0 Å². The van der Waals surface area contributed by atoms with Gasteiger partial charge in [0.2, 0.25) is 5.96 Å². The van der Waals surface area contributed by atoms with Gasteiger partial charge in [-0.3, -0.25) is 5.43 Å². The Morgan fingerprint density at radius 2 is 2.00 bits per heavy atom. The fraction of sp³-hybridized carbons (Fsp3) is 0.923. The smallest absolute Gasteiger partial charge is 0.206 e. The summed E-state index contributed by atoms with van der Waals surface area (Å²) in [5, 5.41) is 3.21. The molecule has 6 heteroatoms. The zero-order valence-electron chi connectivity index (χ0n) is 12.5. The summed E-state index contributed by atoms with van der Waals surface area (Å²) in [7, 11) is 1.68. The molecule has 0 saturated carbocycles. The summed E-state index contributed by atoms with van der Waals surface area (Å²) < 4.78 is 5.08. The van der Waals surface area contributed by atoms with Crippen molar-refractivity contribution >= 4 is 5.96 Å². The number of piperidine rings is 1. The minimum absolute atomic E-state index is 0.182. The molecule has 112 valence electrons. The third kappa shape index (κ3) is 6.75. The predicted molar refractivity (Wildman–Crippen MR) is 79.0 cm³/mol. The van der Waals surface area contributed by atoms with E-state index in [1.54, 1.807) is 7.11 Å². The van der Waals surface area contributed by atoms with Crippen LogP contribution in [0.25, 0.3) is 0 Å². The maximum atomic E-state index is 5.50. The molecule has 0 aromatic heterocycles. The highest BCUT2D eigenvalue weighted by molar-refractivity contribution is 5.79. The van der Waals surface area contributed by atoms with Crippen molar-refractivity contribution in [3.05, 3.63) is 0 Å². The number of nitrogens with one attached hydrogen (secondary N) is 2. The monoisotopic (exact) mass is 271 g/mol. The Balaban J connectivity index is 2.39. The number of methoxy groups -OCH3 is 1. The SMILES string of the molecule is COCC(C)NC(=NC(C)CN1CCCCC1)NN. The number of nitrogens with two attached hydrogens (primary N) is 1. The van der Waals surface area contributed by atoms with Crippen LogP contribution in [-0.2, 0) is 4.74 Å². The number of hydrogen-bond donors (Lipinski definition) is 3. The second-order valence-corrected chi connectivity index (χ2v) is 5.33. The molecule has 0 aromatic carbocycles. The molecule has 1 aliphatic rings. The second-order valence-electron chi connectivity index (χ2n) is 5.33. The fourth-order valence-corrected chi connectivity index (χ4v) is 2.42. The first-order valence-corrected chi connectivity index (χ1v) is 7.18. The van der Waals surface area contributed by atoms with E-state index < -0.39 is 0 Å². The standard InChI is InChI=1S/C13H29N5O/c1-11(9-18-7-5-4-6-8-18)15-13(17-14)16-12(2)10-19-3/h11-12H,4-10,14H2,1-3H3,(H2,15,16,17). The van der Waals surface area contributed by atoms with Gasteiger partial charge in [-0.1, -0.05) is 6.42 Å². The van der Waals surface area contributed by atoms with Gasteiger partial charge in [0, 0.05) is 19.7 Å². The minimum atomic E-state index is 0.182. The van der Waals surface area contributed by atoms with Gasteiger partial charge >= 0.3 is 0 Å². The van der Waals surface area contributed by atoms with E-state index in [1.807, 2.05) is 6.92 Å². The first kappa shape index (κ1) is 16.2. The Kier molecular flexibility index (Phi) is 7.78. The number of guanidine groups is 1. The summed E-state index contributed by atoms with van der Waals surface area (Å²) in [5.41, 5.74) is 2.62. The Bertz CT molecular complexity index is 266. The molecule has 0 spiro atoms. The highest BCUT2D eigenvalue weighted by Gasteiger charge is 2.13. The van der Waals surface area contributed by atoms with Crippen LogP contribution in [0.5, 0.6) is 0 Å². The van der Waals surface area contributed by atoms with Crippen molar-refractivity contribution in [3.8, 4) is 0 Å². The maximum Gasteiger partial charge on any atom is 0.206 e. The first-order valence-electron chi connectivity index (χ1n) is 7.18. The topological polar surface area (TPSA) is 74.9 Å². The molecule has 2 unspecified atom stereocenters. The predicted octanol–water partition coefficient (Wildman–Crippen LogP) is 0.305. The van der Waals surface area contributed by atoms with Gasteiger partial charge < -0.3 is 15.0 Å². The quantitative estimate of drug-likeness (QED) is 0.280. The molecule has 0 aliphatic carbocycles. The van der Waals surface area contributed by atoms with E-state index in [4.69, 9.17) is 10.6 Å². The van der Waals surface area contributed by atoms with Gasteiger partial charge in [0.05, 0.1) is 12.6 Å². The van der Waals surface area contributed by atoms with E-state index in [1.165, 1.54) is 32.4 Å². The normalized spacial score (nSPS) is 20.9. The zero-order valence-corrected chi connectivity index (χ0v) is 12.5. The molecule has 1 heterocycles. The van der Waals surface area contributed by atoms with Gasteiger partial charge in [0.1, 0.15) is 0 Å². The lowest BCUT2D eigenvalue weighted by molar-refractivity contribution is 0.178. The summed E-state index contributed by atoms with van der Waals surface area (Å²) in [6, 6.07) is 0.411. The minimum Gasteiger partial charge on any atom is -0.383 e. The third-order valence-corrected chi connectivity index (χ3v) is 3.26. The average molecular weight is 271 g/mol. The first-order chi connectivity index (χ1) is 9.15. The van der Waals surface area contributed by atoms with Crippen molar-refractivity contribution in [2.24, 2.45) is 10.8 Å². The van der Waals surface area contributed by atoms with E-state index in [2.05, 4.69) is 27.6 Å². The van der Waals surface area contributed by atoms with Gasteiger partial charge in [-0.2, -0.15) is 0 Å². The zero-order chi connectivity index (χ0) is 14.1. The van der Waals surface area contributed by atoms with Crippen molar-refractivity contribution in [2.45, 2.75) is 45.2 Å². The molecule has 0 amide bonds. The largest absolute Gasteiger partial charge is 0.383 e. The Morgan fingerprint density at radius 3 is 2.58 bits per heavy atom. The van der Waals surface area contributed by atoms with Gasteiger partial charge in [-0.15, -0.1) is 0 Å². The molecule has 2 atom stereocenters. The number of nitrogens with zero attached hydrogens (tertiary/aromatic N) is 2. The molecule has 0 bridgehead atoms. The van der Waals surface area contributed by atoms with E-state index in [-0.39, 0.29) is 12.1 Å². The Hall–Kier alpha value is -0.850. The molecule has 1 rings (SSSR count). The molecule has 4 N–H and O–H groups in total. The van der Waals surface area contributed by atoms with E-state index in [0.717, 1.165) is 6.54 Å². The summed E-state index contributed by atoms with van der Waals surface area (Å²) in [5.74, 6) is 6.13. The van der Waals surface area contributed by atoms with Crippen LogP contribution in [0.2, 0.25) is 0 Å². The van der Waals surface area contributed by atoms with Crippen LogP contribution >= 0.6 is 0 Å². The molecule has 1 saturated heterocycles. The molecule has 6 nitrogen and oxygen atoms in total. The second kappa shape index (κ2) is 9.12. The van der Waals surface area contributed by atoms with E-state index >= 15 is 0 Å². The Morgan fingerprint density at radius 1 is 1.32 bits per heavy atom. The van der Waals surface area contributed by atoms with Crippen molar-refractivity contribution in [1.82, 2.24) is 15.6 Å². The van der Waals surface area contributed by atoms with Gasteiger partial charge in [0.25, 0.3) is 0 Å². The number of aliphatic imine (C=N–C) groups is 1. The van der Waals surface area contributed by atoms with Gasteiger partial charge in [-0.25, -0.2) is 10.8 Å². The van der Waals surface area contributed by atoms with Crippen LogP contribution in [-0.4, -0.2) is 56.3 Å². The molecule has 0 aromatic rings. The summed E-state index contributed by atoms with van der Waals surface area (Å²) in [6.07, 6.45) is 3.98. The lowest BCUT2D eigenvalue weighted by Crippen LogP contribution is -2.48. The summed E-state index contributed by atoms with van der Waals surface area (Å²) in [4.78, 5) is 7.06. The maximum absolute atomic E-state index is 5.50. The number of hydrazine groups is 1. The fourth-order valence-electron chi connectivity index (χ4n) is 2.42. The molecule has 1 fully saturated rings. The Labute approximate surface area is 116 Å². The number of ether oxygens (including phenoxy) is 1. The van der Waals surface area contributed by atoms with E-state index in [9.17, 15) is 0 Å². The van der Waals surface area contributed by atoms with Crippen LogP contribution in [0.1, 0.15) is 33.1 Å².